The number of allylic oxidation sites excluding steroid dienone is 13. The predicted molar refractivity (Wildman–Crippen MR) is 209 cm³/mol. The molecule has 2 nitrogen and oxygen atoms in total. The van der Waals surface area contributed by atoms with Gasteiger partial charge < -0.3 is 4.74 Å². The summed E-state index contributed by atoms with van der Waals surface area (Å²) in [7, 11) is 0. The SMILES string of the molecule is CC(C)=CCCC(C)=CCCC(C)=CCCC(C)=CCCC(C)=CCCC(C)=CCCC1(C)CCC2=C(C)C(=O)c3ccccc3C2O1. The molecule has 0 spiro atoms. The van der Waals surface area contributed by atoms with Crippen molar-refractivity contribution in [2.45, 2.75) is 164 Å². The van der Waals surface area contributed by atoms with Crippen LogP contribution in [0.15, 0.2) is 105 Å². The molecule has 0 amide bonds. The number of ketones is 1. The van der Waals surface area contributed by atoms with E-state index in [4.69, 9.17) is 4.74 Å². The number of hydrogen-bond acceptors (Lipinski definition) is 2. The van der Waals surface area contributed by atoms with E-state index in [0.717, 1.165) is 93.7 Å². The van der Waals surface area contributed by atoms with E-state index in [9.17, 15) is 4.79 Å². The molecular formula is C46H66O2. The molecule has 0 radical (unpaired) electrons. The van der Waals surface area contributed by atoms with Crippen LogP contribution in [0.2, 0.25) is 0 Å². The highest BCUT2D eigenvalue weighted by molar-refractivity contribution is 6.11. The minimum Gasteiger partial charge on any atom is -0.363 e. The normalized spacial score (nSPS) is 21.0. The van der Waals surface area contributed by atoms with Gasteiger partial charge in [-0.05, 0) is 169 Å². The molecule has 1 saturated heterocycles. The second-order valence-corrected chi connectivity index (χ2v) is 15.3. The Hall–Kier alpha value is -2.97. The fourth-order valence-electron chi connectivity index (χ4n) is 6.95. The van der Waals surface area contributed by atoms with Crippen molar-refractivity contribution in [3.05, 3.63) is 116 Å². The first kappa shape index (κ1) is 39.5. The second-order valence-electron chi connectivity index (χ2n) is 15.3. The van der Waals surface area contributed by atoms with Crippen molar-refractivity contribution in [2.75, 3.05) is 0 Å². The smallest absolute Gasteiger partial charge is 0.189 e. The number of hydrogen-bond donors (Lipinski definition) is 0. The highest BCUT2D eigenvalue weighted by Crippen LogP contribution is 2.47. The monoisotopic (exact) mass is 651 g/mol. The standard InChI is InChI=1S/C46H66O2/c1-34(2)18-12-19-35(3)20-13-21-36(4)22-14-23-37(5)24-15-25-38(6)26-16-27-39(7)28-17-32-46(9)33-31-41-40(8)44(47)42-29-10-11-30-43(42)45(41)48-46/h10-11,18,20,22,24,26,28-30,45H,12-17,19,21,23,25,27,31-33H2,1-9H3. The Bertz CT molecular complexity index is 1450. The lowest BCUT2D eigenvalue weighted by Gasteiger charge is -2.43. The molecule has 0 saturated carbocycles. The fourth-order valence-corrected chi connectivity index (χ4v) is 6.95. The van der Waals surface area contributed by atoms with E-state index in [0.29, 0.717) is 0 Å². The number of carbonyl (C=O) groups excluding carboxylic acids is 1. The minimum atomic E-state index is -0.169. The molecule has 1 aromatic rings. The van der Waals surface area contributed by atoms with E-state index >= 15 is 0 Å². The summed E-state index contributed by atoms with van der Waals surface area (Å²) in [6, 6.07) is 8.00. The van der Waals surface area contributed by atoms with Gasteiger partial charge in [-0.15, -0.1) is 0 Å². The zero-order chi connectivity index (χ0) is 35.1. The van der Waals surface area contributed by atoms with E-state index in [2.05, 4.69) is 97.9 Å². The number of ether oxygens (including phenoxy) is 1. The van der Waals surface area contributed by atoms with E-state index in [1.165, 1.54) is 51.9 Å². The Morgan fingerprint density at radius 1 is 0.688 bits per heavy atom. The van der Waals surface area contributed by atoms with Crippen LogP contribution >= 0.6 is 0 Å². The molecule has 1 aliphatic heterocycles. The van der Waals surface area contributed by atoms with Crippen LogP contribution in [0.1, 0.15) is 174 Å². The molecule has 2 unspecified atom stereocenters. The number of carbonyl (C=O) groups is 1. The summed E-state index contributed by atoms with van der Waals surface area (Å²) in [4.78, 5) is 12.9. The van der Waals surface area contributed by atoms with E-state index in [1.807, 2.05) is 25.1 Å². The van der Waals surface area contributed by atoms with Crippen LogP contribution in [0.4, 0.5) is 0 Å². The maximum Gasteiger partial charge on any atom is 0.189 e. The van der Waals surface area contributed by atoms with Gasteiger partial charge in [-0.3, -0.25) is 4.79 Å². The molecule has 1 fully saturated rings. The van der Waals surface area contributed by atoms with Gasteiger partial charge in [-0.2, -0.15) is 0 Å². The average molecular weight is 651 g/mol. The Labute approximate surface area is 294 Å². The van der Waals surface area contributed by atoms with Gasteiger partial charge in [0.15, 0.2) is 5.78 Å². The quantitative estimate of drug-likeness (QED) is 0.148. The van der Waals surface area contributed by atoms with Crippen molar-refractivity contribution in [1.29, 1.82) is 0 Å². The first-order valence-electron chi connectivity index (χ1n) is 18.8. The Balaban J connectivity index is 1.32. The van der Waals surface area contributed by atoms with Crippen LogP contribution in [0.3, 0.4) is 0 Å². The largest absolute Gasteiger partial charge is 0.363 e. The van der Waals surface area contributed by atoms with Gasteiger partial charge in [0.05, 0.1) is 5.60 Å². The zero-order valence-corrected chi connectivity index (χ0v) is 32.1. The van der Waals surface area contributed by atoms with Gasteiger partial charge in [-0.1, -0.05) is 94.2 Å². The zero-order valence-electron chi connectivity index (χ0n) is 32.1. The van der Waals surface area contributed by atoms with E-state index < -0.39 is 0 Å². The van der Waals surface area contributed by atoms with Gasteiger partial charge in [0, 0.05) is 5.56 Å². The third-order valence-electron chi connectivity index (χ3n) is 10.3. The number of fused-ring (bicyclic) bond motifs is 3. The van der Waals surface area contributed by atoms with Gasteiger partial charge in [-0.25, -0.2) is 0 Å². The molecule has 2 heteroatoms. The number of benzene rings is 1. The molecule has 2 aliphatic rings. The van der Waals surface area contributed by atoms with Crippen molar-refractivity contribution >= 4 is 5.78 Å². The lowest BCUT2D eigenvalue weighted by Crippen LogP contribution is -2.38. The highest BCUT2D eigenvalue weighted by atomic mass is 16.5. The first-order valence-corrected chi connectivity index (χ1v) is 18.8. The fraction of sp³-hybridized carbons (Fsp3) is 0.543. The maximum atomic E-state index is 12.9. The molecule has 262 valence electrons. The summed E-state index contributed by atoms with van der Waals surface area (Å²) in [6.07, 6.45) is 29.9. The summed E-state index contributed by atoms with van der Waals surface area (Å²) >= 11 is 0. The predicted octanol–water partition coefficient (Wildman–Crippen LogP) is 14.2. The third kappa shape index (κ3) is 13.1. The highest BCUT2D eigenvalue weighted by Gasteiger charge is 2.41. The van der Waals surface area contributed by atoms with Gasteiger partial charge in [0.25, 0.3) is 0 Å². The molecule has 1 aliphatic carbocycles. The molecule has 0 aromatic heterocycles. The number of Topliss-reactive ketones (excluding diaryl/α,β-unsaturated/α-hetero) is 1. The Kier molecular flexibility index (Phi) is 16.4. The summed E-state index contributed by atoms with van der Waals surface area (Å²) in [5.41, 5.74) is 12.7. The van der Waals surface area contributed by atoms with Crippen molar-refractivity contribution in [3.63, 3.8) is 0 Å². The summed E-state index contributed by atoms with van der Waals surface area (Å²) in [6.45, 7) is 20.0. The molecule has 1 aromatic carbocycles. The van der Waals surface area contributed by atoms with Crippen molar-refractivity contribution < 1.29 is 9.53 Å². The van der Waals surface area contributed by atoms with Gasteiger partial charge >= 0.3 is 0 Å². The molecule has 0 N–H and O–H groups in total. The molecule has 3 rings (SSSR count). The molecule has 1 heterocycles. The molecule has 2 atom stereocenters. The first-order chi connectivity index (χ1) is 22.9. The lowest BCUT2D eigenvalue weighted by molar-refractivity contribution is -0.0997. The maximum absolute atomic E-state index is 12.9. The van der Waals surface area contributed by atoms with Crippen molar-refractivity contribution in [3.8, 4) is 0 Å². The summed E-state index contributed by atoms with van der Waals surface area (Å²) in [5, 5.41) is 0. The van der Waals surface area contributed by atoms with Crippen molar-refractivity contribution in [1.82, 2.24) is 0 Å². The number of rotatable bonds is 18. The van der Waals surface area contributed by atoms with Crippen LogP contribution in [0.5, 0.6) is 0 Å². The van der Waals surface area contributed by atoms with Crippen LogP contribution in [0, 0.1) is 0 Å². The van der Waals surface area contributed by atoms with Crippen LogP contribution in [0.25, 0.3) is 0 Å². The Morgan fingerprint density at radius 3 is 1.60 bits per heavy atom. The topological polar surface area (TPSA) is 26.3 Å². The second kappa shape index (κ2) is 19.9. The Morgan fingerprint density at radius 2 is 1.12 bits per heavy atom. The summed E-state index contributed by atoms with van der Waals surface area (Å²) < 4.78 is 6.78. The van der Waals surface area contributed by atoms with Gasteiger partial charge in [0.1, 0.15) is 6.10 Å². The molecular weight excluding hydrogens is 585 g/mol. The van der Waals surface area contributed by atoms with E-state index in [-0.39, 0.29) is 17.5 Å². The third-order valence-corrected chi connectivity index (χ3v) is 10.3. The van der Waals surface area contributed by atoms with Crippen molar-refractivity contribution in [2.24, 2.45) is 0 Å². The van der Waals surface area contributed by atoms with Crippen LogP contribution in [-0.4, -0.2) is 11.4 Å². The van der Waals surface area contributed by atoms with Gasteiger partial charge in [0.2, 0.25) is 0 Å². The van der Waals surface area contributed by atoms with Crippen LogP contribution < -0.4 is 0 Å². The lowest BCUT2D eigenvalue weighted by atomic mass is 9.77. The minimum absolute atomic E-state index is 0.0784. The summed E-state index contributed by atoms with van der Waals surface area (Å²) in [5.74, 6) is 0.170. The molecule has 0 bridgehead atoms. The van der Waals surface area contributed by atoms with E-state index in [1.54, 1.807) is 0 Å². The average Bonchev–Trinajstić information content (AvgIpc) is 3.03. The van der Waals surface area contributed by atoms with Crippen LogP contribution in [-0.2, 0) is 4.74 Å². The molecule has 48 heavy (non-hydrogen) atoms.